The van der Waals surface area contributed by atoms with Crippen molar-refractivity contribution in [2.24, 2.45) is 0 Å². The summed E-state index contributed by atoms with van der Waals surface area (Å²) in [5.74, 6) is 0.541. The van der Waals surface area contributed by atoms with Crippen LogP contribution in [0, 0.1) is 11.3 Å². The Bertz CT molecular complexity index is 621. The quantitative estimate of drug-likeness (QED) is 0.788. The molecule has 0 heterocycles. The molecular formula is C18H18N2O2. The van der Waals surface area contributed by atoms with Crippen molar-refractivity contribution in [3.8, 4) is 11.8 Å². The molecule has 0 spiro atoms. The van der Waals surface area contributed by atoms with Gasteiger partial charge in [0.25, 0.3) is 5.91 Å². The van der Waals surface area contributed by atoms with Crippen molar-refractivity contribution in [2.75, 3.05) is 13.2 Å². The summed E-state index contributed by atoms with van der Waals surface area (Å²) in [4.78, 5) is 14.0. The van der Waals surface area contributed by atoms with Crippen LogP contribution >= 0.6 is 0 Å². The molecular weight excluding hydrogens is 276 g/mol. The summed E-state index contributed by atoms with van der Waals surface area (Å²) in [6.07, 6.45) is 0.309. The van der Waals surface area contributed by atoms with Gasteiger partial charge in [0.15, 0.2) is 6.61 Å². The second kappa shape index (κ2) is 8.48. The highest BCUT2D eigenvalue weighted by Crippen LogP contribution is 2.10. The smallest absolute Gasteiger partial charge is 0.260 e. The lowest BCUT2D eigenvalue weighted by molar-refractivity contribution is -0.133. The Hall–Kier alpha value is -2.80. The summed E-state index contributed by atoms with van der Waals surface area (Å²) in [6, 6.07) is 21.0. The van der Waals surface area contributed by atoms with Crippen molar-refractivity contribution in [1.82, 2.24) is 4.90 Å². The SMILES string of the molecule is N#CCCN(Cc1ccccc1)C(=O)COc1ccccc1. The molecule has 0 radical (unpaired) electrons. The molecule has 0 saturated carbocycles. The Morgan fingerprint density at radius 2 is 1.68 bits per heavy atom. The van der Waals surface area contributed by atoms with Crippen molar-refractivity contribution in [2.45, 2.75) is 13.0 Å². The number of hydrogen-bond acceptors (Lipinski definition) is 3. The zero-order valence-corrected chi connectivity index (χ0v) is 12.3. The van der Waals surface area contributed by atoms with Crippen LogP contribution in [0.25, 0.3) is 0 Å². The second-order valence-electron chi connectivity index (χ2n) is 4.81. The van der Waals surface area contributed by atoms with Crippen LogP contribution in [-0.2, 0) is 11.3 Å². The van der Waals surface area contributed by atoms with E-state index in [2.05, 4.69) is 6.07 Å². The molecule has 112 valence electrons. The number of nitriles is 1. The topological polar surface area (TPSA) is 53.3 Å². The summed E-state index contributed by atoms with van der Waals surface area (Å²) in [6.45, 7) is 0.865. The van der Waals surface area contributed by atoms with Gasteiger partial charge in [-0.15, -0.1) is 0 Å². The zero-order valence-electron chi connectivity index (χ0n) is 12.3. The molecule has 4 heteroatoms. The van der Waals surface area contributed by atoms with Gasteiger partial charge in [0, 0.05) is 13.1 Å². The maximum atomic E-state index is 12.3. The molecule has 0 bridgehead atoms. The van der Waals surface area contributed by atoms with E-state index >= 15 is 0 Å². The monoisotopic (exact) mass is 294 g/mol. The normalized spacial score (nSPS) is 9.77. The number of rotatable bonds is 7. The third-order valence-electron chi connectivity index (χ3n) is 3.17. The molecule has 4 nitrogen and oxygen atoms in total. The van der Waals surface area contributed by atoms with Crippen molar-refractivity contribution in [1.29, 1.82) is 5.26 Å². The van der Waals surface area contributed by atoms with Crippen LogP contribution in [0.3, 0.4) is 0 Å². The molecule has 0 N–H and O–H groups in total. The number of benzene rings is 2. The minimum Gasteiger partial charge on any atom is -0.484 e. The van der Waals surface area contributed by atoms with E-state index in [1.807, 2.05) is 60.7 Å². The summed E-state index contributed by atoms with van der Waals surface area (Å²) in [5, 5.41) is 8.75. The molecule has 0 saturated heterocycles. The highest BCUT2D eigenvalue weighted by atomic mass is 16.5. The largest absolute Gasteiger partial charge is 0.484 e. The van der Waals surface area contributed by atoms with Crippen molar-refractivity contribution in [3.05, 3.63) is 66.2 Å². The zero-order chi connectivity index (χ0) is 15.6. The molecule has 2 aromatic carbocycles. The first kappa shape index (κ1) is 15.6. The fourth-order valence-corrected chi connectivity index (χ4v) is 2.03. The molecule has 0 atom stereocenters. The molecule has 2 aromatic rings. The fraction of sp³-hybridized carbons (Fsp3) is 0.222. The maximum Gasteiger partial charge on any atom is 0.260 e. The van der Waals surface area contributed by atoms with E-state index in [9.17, 15) is 4.79 Å². The number of ether oxygens (including phenoxy) is 1. The number of amides is 1. The number of carbonyl (C=O) groups is 1. The second-order valence-corrected chi connectivity index (χ2v) is 4.81. The van der Waals surface area contributed by atoms with Gasteiger partial charge in [-0.25, -0.2) is 0 Å². The molecule has 0 unspecified atom stereocenters. The average Bonchev–Trinajstić information content (AvgIpc) is 2.58. The van der Waals surface area contributed by atoms with E-state index in [-0.39, 0.29) is 12.5 Å². The predicted octanol–water partition coefficient (Wildman–Crippen LogP) is 3.01. The number of carbonyl (C=O) groups excluding carboxylic acids is 1. The first-order valence-electron chi connectivity index (χ1n) is 7.16. The highest BCUT2D eigenvalue weighted by molar-refractivity contribution is 5.77. The van der Waals surface area contributed by atoms with Crippen LogP contribution in [0.15, 0.2) is 60.7 Å². The summed E-state index contributed by atoms with van der Waals surface area (Å²) in [7, 11) is 0. The van der Waals surface area contributed by atoms with Crippen LogP contribution in [0.1, 0.15) is 12.0 Å². The van der Waals surface area contributed by atoms with Gasteiger partial charge in [0.1, 0.15) is 5.75 Å². The first-order valence-corrected chi connectivity index (χ1v) is 7.16. The Labute approximate surface area is 130 Å². The van der Waals surface area contributed by atoms with Crippen LogP contribution in [0.5, 0.6) is 5.75 Å². The standard InChI is InChI=1S/C18H18N2O2/c19-12-7-13-20(14-16-8-3-1-4-9-16)18(21)15-22-17-10-5-2-6-11-17/h1-6,8-11H,7,13-15H2. The highest BCUT2D eigenvalue weighted by Gasteiger charge is 2.14. The van der Waals surface area contributed by atoms with E-state index in [0.717, 1.165) is 5.56 Å². The molecule has 0 aliphatic rings. The van der Waals surface area contributed by atoms with E-state index < -0.39 is 0 Å². The summed E-state index contributed by atoms with van der Waals surface area (Å²) < 4.78 is 5.49. The lowest BCUT2D eigenvalue weighted by atomic mass is 10.2. The lowest BCUT2D eigenvalue weighted by Gasteiger charge is -2.22. The van der Waals surface area contributed by atoms with Crippen LogP contribution in [-0.4, -0.2) is 24.0 Å². The van der Waals surface area contributed by atoms with E-state index in [4.69, 9.17) is 10.00 Å². The average molecular weight is 294 g/mol. The van der Waals surface area contributed by atoms with Gasteiger partial charge in [-0.1, -0.05) is 48.5 Å². The molecule has 0 fully saturated rings. The van der Waals surface area contributed by atoms with Gasteiger partial charge in [0.05, 0.1) is 12.5 Å². The van der Waals surface area contributed by atoms with Crippen molar-refractivity contribution >= 4 is 5.91 Å². The molecule has 1 amide bonds. The molecule has 22 heavy (non-hydrogen) atoms. The van der Waals surface area contributed by atoms with Gasteiger partial charge in [-0.3, -0.25) is 4.79 Å². The molecule has 0 aliphatic carbocycles. The predicted molar refractivity (Wildman–Crippen MR) is 84.0 cm³/mol. The van der Waals surface area contributed by atoms with Gasteiger partial charge >= 0.3 is 0 Å². The molecule has 0 aromatic heterocycles. The lowest BCUT2D eigenvalue weighted by Crippen LogP contribution is -2.35. The Morgan fingerprint density at radius 3 is 2.32 bits per heavy atom. The van der Waals surface area contributed by atoms with Gasteiger partial charge in [-0.05, 0) is 17.7 Å². The van der Waals surface area contributed by atoms with Crippen LogP contribution < -0.4 is 4.74 Å². The Balaban J connectivity index is 1.95. The maximum absolute atomic E-state index is 12.3. The van der Waals surface area contributed by atoms with Gasteiger partial charge in [0.2, 0.25) is 0 Å². The molecule has 0 aliphatic heterocycles. The van der Waals surface area contributed by atoms with E-state index in [0.29, 0.717) is 25.3 Å². The Kier molecular flexibility index (Phi) is 6.01. The third kappa shape index (κ3) is 4.95. The van der Waals surface area contributed by atoms with Crippen LogP contribution in [0.2, 0.25) is 0 Å². The Morgan fingerprint density at radius 1 is 1.05 bits per heavy atom. The third-order valence-corrected chi connectivity index (χ3v) is 3.17. The van der Waals surface area contributed by atoms with Crippen molar-refractivity contribution in [3.63, 3.8) is 0 Å². The van der Waals surface area contributed by atoms with Crippen LogP contribution in [0.4, 0.5) is 0 Å². The summed E-state index contributed by atoms with van der Waals surface area (Å²) in [5.41, 5.74) is 1.04. The van der Waals surface area contributed by atoms with Crippen molar-refractivity contribution < 1.29 is 9.53 Å². The summed E-state index contributed by atoms with van der Waals surface area (Å²) >= 11 is 0. The van der Waals surface area contributed by atoms with E-state index in [1.54, 1.807) is 4.90 Å². The van der Waals surface area contributed by atoms with Gasteiger partial charge < -0.3 is 9.64 Å². The minimum atomic E-state index is -0.122. The van der Waals surface area contributed by atoms with E-state index in [1.165, 1.54) is 0 Å². The number of para-hydroxylation sites is 1. The first-order chi connectivity index (χ1) is 10.8. The molecule has 2 rings (SSSR count). The number of hydrogen-bond donors (Lipinski definition) is 0. The van der Waals surface area contributed by atoms with Gasteiger partial charge in [-0.2, -0.15) is 5.26 Å². The minimum absolute atomic E-state index is 0.0255. The number of nitrogens with zero attached hydrogens (tertiary/aromatic N) is 2. The fourth-order valence-electron chi connectivity index (χ4n) is 2.03.